The first kappa shape index (κ1) is 15.4. The van der Waals surface area contributed by atoms with Crippen molar-refractivity contribution in [3.63, 3.8) is 0 Å². The van der Waals surface area contributed by atoms with Crippen molar-refractivity contribution in [3.05, 3.63) is 35.9 Å². The fourth-order valence-electron chi connectivity index (χ4n) is 3.57. The van der Waals surface area contributed by atoms with Crippen LogP contribution in [0.4, 0.5) is 0 Å². The molecule has 2 nitrogen and oxygen atoms in total. The van der Waals surface area contributed by atoms with E-state index in [9.17, 15) is 0 Å². The van der Waals surface area contributed by atoms with Crippen molar-refractivity contribution in [1.82, 2.24) is 10.2 Å². The minimum Gasteiger partial charge on any atom is -0.312 e. The zero-order valence-corrected chi connectivity index (χ0v) is 13.8. The maximum absolute atomic E-state index is 3.75. The number of thioether (sulfide) groups is 1. The number of benzene rings is 1. The molecule has 116 valence electrons. The SMILES string of the molecule is c1ccc(CC2CN(CC3CCSCC3)CCCN2)cc1. The second-order valence-corrected chi connectivity index (χ2v) is 7.73. The van der Waals surface area contributed by atoms with Gasteiger partial charge in [0.15, 0.2) is 0 Å². The molecule has 0 spiro atoms. The van der Waals surface area contributed by atoms with E-state index in [0.717, 1.165) is 12.3 Å². The summed E-state index contributed by atoms with van der Waals surface area (Å²) in [6, 6.07) is 11.6. The zero-order chi connectivity index (χ0) is 14.3. The van der Waals surface area contributed by atoms with Gasteiger partial charge in [-0.3, -0.25) is 0 Å². The molecule has 1 N–H and O–H groups in total. The minimum absolute atomic E-state index is 0.618. The Bertz CT molecular complexity index is 403. The first-order valence-electron chi connectivity index (χ1n) is 8.47. The second-order valence-electron chi connectivity index (χ2n) is 6.51. The molecule has 0 bridgehead atoms. The van der Waals surface area contributed by atoms with Gasteiger partial charge in [0, 0.05) is 19.1 Å². The van der Waals surface area contributed by atoms with Gasteiger partial charge in [-0.2, -0.15) is 11.8 Å². The van der Waals surface area contributed by atoms with Gasteiger partial charge in [-0.1, -0.05) is 30.3 Å². The van der Waals surface area contributed by atoms with Crippen LogP contribution in [-0.2, 0) is 6.42 Å². The zero-order valence-electron chi connectivity index (χ0n) is 13.0. The van der Waals surface area contributed by atoms with Crippen molar-refractivity contribution in [2.45, 2.75) is 31.7 Å². The minimum atomic E-state index is 0.618. The molecule has 21 heavy (non-hydrogen) atoms. The lowest BCUT2D eigenvalue weighted by Gasteiger charge is -2.30. The van der Waals surface area contributed by atoms with Crippen molar-refractivity contribution in [3.8, 4) is 0 Å². The molecule has 2 heterocycles. The number of rotatable bonds is 4. The van der Waals surface area contributed by atoms with Gasteiger partial charge < -0.3 is 10.2 Å². The summed E-state index contributed by atoms with van der Waals surface area (Å²) in [6.45, 7) is 5.00. The Kier molecular flexibility index (Phi) is 6.02. The second kappa shape index (κ2) is 8.21. The fourth-order valence-corrected chi connectivity index (χ4v) is 4.78. The van der Waals surface area contributed by atoms with Gasteiger partial charge in [-0.25, -0.2) is 0 Å². The molecular weight excluding hydrogens is 276 g/mol. The Labute approximate surface area is 133 Å². The molecule has 2 fully saturated rings. The van der Waals surface area contributed by atoms with E-state index >= 15 is 0 Å². The Balaban J connectivity index is 1.53. The highest BCUT2D eigenvalue weighted by atomic mass is 32.2. The molecule has 1 aromatic rings. The third-order valence-corrected chi connectivity index (χ3v) is 5.79. The predicted octanol–water partition coefficient (Wildman–Crippen LogP) is 3.04. The molecule has 3 rings (SSSR count). The highest BCUT2D eigenvalue weighted by molar-refractivity contribution is 7.99. The standard InChI is InChI=1S/C18H28N2S/c1-2-5-16(6-3-1)13-18-15-20(10-4-9-19-18)14-17-7-11-21-12-8-17/h1-3,5-6,17-19H,4,7-15H2. The first-order chi connectivity index (χ1) is 10.4. The Morgan fingerprint density at radius 1 is 1.14 bits per heavy atom. The summed E-state index contributed by atoms with van der Waals surface area (Å²) in [4.78, 5) is 2.73. The lowest BCUT2D eigenvalue weighted by Crippen LogP contribution is -2.41. The van der Waals surface area contributed by atoms with Crippen molar-refractivity contribution in [2.24, 2.45) is 5.92 Å². The highest BCUT2D eigenvalue weighted by Crippen LogP contribution is 2.24. The fraction of sp³-hybridized carbons (Fsp3) is 0.667. The molecule has 1 unspecified atom stereocenters. The number of hydrogen-bond acceptors (Lipinski definition) is 3. The van der Waals surface area contributed by atoms with Crippen LogP contribution < -0.4 is 5.32 Å². The molecule has 0 amide bonds. The van der Waals surface area contributed by atoms with E-state index in [2.05, 4.69) is 52.3 Å². The summed E-state index contributed by atoms with van der Waals surface area (Å²) in [5.41, 5.74) is 1.46. The lowest BCUT2D eigenvalue weighted by molar-refractivity contribution is 0.219. The smallest absolute Gasteiger partial charge is 0.0235 e. The van der Waals surface area contributed by atoms with E-state index in [1.54, 1.807) is 0 Å². The summed E-state index contributed by atoms with van der Waals surface area (Å²) in [5, 5.41) is 3.75. The number of hydrogen-bond donors (Lipinski definition) is 1. The number of nitrogens with zero attached hydrogens (tertiary/aromatic N) is 1. The Morgan fingerprint density at radius 3 is 2.76 bits per heavy atom. The summed E-state index contributed by atoms with van der Waals surface area (Å²) in [6.07, 6.45) is 5.32. The summed E-state index contributed by atoms with van der Waals surface area (Å²) >= 11 is 2.14. The van der Waals surface area contributed by atoms with Crippen molar-refractivity contribution in [1.29, 1.82) is 0 Å². The maximum atomic E-state index is 3.75. The largest absolute Gasteiger partial charge is 0.312 e. The summed E-state index contributed by atoms with van der Waals surface area (Å²) in [5.74, 6) is 3.70. The van der Waals surface area contributed by atoms with Gasteiger partial charge in [-0.05, 0) is 61.8 Å². The van der Waals surface area contributed by atoms with Crippen LogP contribution in [0.3, 0.4) is 0 Å². The third-order valence-electron chi connectivity index (χ3n) is 4.74. The molecular formula is C18H28N2S. The van der Waals surface area contributed by atoms with Crippen molar-refractivity contribution in [2.75, 3.05) is 37.7 Å². The topological polar surface area (TPSA) is 15.3 Å². The first-order valence-corrected chi connectivity index (χ1v) is 9.63. The van der Waals surface area contributed by atoms with Crippen LogP contribution in [0.5, 0.6) is 0 Å². The molecule has 3 heteroatoms. The van der Waals surface area contributed by atoms with Gasteiger partial charge >= 0.3 is 0 Å². The van der Waals surface area contributed by atoms with E-state index in [4.69, 9.17) is 0 Å². The van der Waals surface area contributed by atoms with E-state index in [-0.39, 0.29) is 0 Å². The van der Waals surface area contributed by atoms with Gasteiger partial charge in [-0.15, -0.1) is 0 Å². The predicted molar refractivity (Wildman–Crippen MR) is 93.0 cm³/mol. The monoisotopic (exact) mass is 304 g/mol. The third kappa shape index (κ3) is 5.01. The summed E-state index contributed by atoms with van der Waals surface area (Å²) in [7, 11) is 0. The molecule has 1 atom stereocenters. The van der Waals surface area contributed by atoms with Crippen LogP contribution in [0.15, 0.2) is 30.3 Å². The van der Waals surface area contributed by atoms with Crippen LogP contribution >= 0.6 is 11.8 Å². The van der Waals surface area contributed by atoms with Gasteiger partial charge in [0.25, 0.3) is 0 Å². The normalized spacial score (nSPS) is 25.6. The molecule has 0 radical (unpaired) electrons. The molecule has 2 aliphatic heterocycles. The Hall–Kier alpha value is -0.510. The van der Waals surface area contributed by atoms with E-state index in [1.807, 2.05) is 0 Å². The summed E-state index contributed by atoms with van der Waals surface area (Å²) < 4.78 is 0. The average Bonchev–Trinajstić information content (AvgIpc) is 2.74. The molecule has 1 aromatic carbocycles. The van der Waals surface area contributed by atoms with Crippen LogP contribution in [0.1, 0.15) is 24.8 Å². The van der Waals surface area contributed by atoms with Crippen LogP contribution in [-0.4, -0.2) is 48.6 Å². The van der Waals surface area contributed by atoms with Gasteiger partial charge in [0.05, 0.1) is 0 Å². The number of nitrogens with one attached hydrogen (secondary N) is 1. The average molecular weight is 305 g/mol. The van der Waals surface area contributed by atoms with E-state index in [1.165, 1.54) is 62.5 Å². The lowest BCUT2D eigenvalue weighted by atomic mass is 10.0. The van der Waals surface area contributed by atoms with Crippen LogP contribution in [0, 0.1) is 5.92 Å². The molecule has 0 saturated carbocycles. The Morgan fingerprint density at radius 2 is 1.95 bits per heavy atom. The highest BCUT2D eigenvalue weighted by Gasteiger charge is 2.22. The van der Waals surface area contributed by atoms with Gasteiger partial charge in [0.1, 0.15) is 0 Å². The molecule has 2 aliphatic rings. The van der Waals surface area contributed by atoms with Gasteiger partial charge in [0.2, 0.25) is 0 Å². The van der Waals surface area contributed by atoms with Crippen molar-refractivity contribution >= 4 is 11.8 Å². The molecule has 0 aromatic heterocycles. The van der Waals surface area contributed by atoms with E-state index < -0.39 is 0 Å². The van der Waals surface area contributed by atoms with E-state index in [0.29, 0.717) is 6.04 Å². The quantitative estimate of drug-likeness (QED) is 0.920. The van der Waals surface area contributed by atoms with Crippen LogP contribution in [0.25, 0.3) is 0 Å². The molecule has 2 saturated heterocycles. The van der Waals surface area contributed by atoms with Crippen molar-refractivity contribution < 1.29 is 0 Å². The van der Waals surface area contributed by atoms with Crippen LogP contribution in [0.2, 0.25) is 0 Å². The maximum Gasteiger partial charge on any atom is 0.0235 e. The molecule has 0 aliphatic carbocycles.